The number of aliphatic carboxylic acids is 1. The Kier molecular flexibility index (Phi) is 2.98. The summed E-state index contributed by atoms with van der Waals surface area (Å²) in [6, 6.07) is -0.724. The minimum Gasteiger partial charge on any atom is -0.480 e. The third kappa shape index (κ3) is 2.49. The Bertz CT molecular complexity index is 252. The number of nitrogens with two attached hydrogens (primary N) is 1. The van der Waals surface area contributed by atoms with Gasteiger partial charge in [-0.1, -0.05) is 0 Å². The lowest BCUT2D eigenvalue weighted by molar-refractivity contribution is -0.143. The van der Waals surface area contributed by atoms with Gasteiger partial charge in [0.25, 0.3) is 0 Å². The fourth-order valence-corrected chi connectivity index (χ4v) is 2.50. The van der Waals surface area contributed by atoms with Gasteiger partial charge < -0.3 is 15.6 Å². The highest BCUT2D eigenvalue weighted by Crippen LogP contribution is 2.41. The average molecular weight is 213 g/mol. The molecule has 0 aromatic rings. The summed E-state index contributed by atoms with van der Waals surface area (Å²) in [5, 5.41) is 8.90. The number of ether oxygens (including phenoxy) is 1. The highest BCUT2D eigenvalue weighted by molar-refractivity contribution is 5.73. The number of hydrogen-bond donors (Lipinski definition) is 2. The van der Waals surface area contributed by atoms with E-state index >= 15 is 0 Å². The number of hydrogen-bond acceptors (Lipinski definition) is 3. The highest BCUT2D eigenvalue weighted by atomic mass is 16.5. The maximum Gasteiger partial charge on any atom is 0.320 e. The van der Waals surface area contributed by atoms with Crippen LogP contribution in [0, 0.1) is 11.8 Å². The van der Waals surface area contributed by atoms with Crippen molar-refractivity contribution in [2.45, 2.75) is 50.9 Å². The lowest BCUT2D eigenvalue weighted by Gasteiger charge is -2.35. The number of carboxylic acids is 1. The van der Waals surface area contributed by atoms with E-state index < -0.39 is 12.0 Å². The van der Waals surface area contributed by atoms with Crippen LogP contribution in [-0.2, 0) is 9.53 Å². The maximum absolute atomic E-state index is 10.8. The summed E-state index contributed by atoms with van der Waals surface area (Å²) in [6.45, 7) is 2.01. The SMILES string of the molecule is C[C@@H]1C[C@H](C(N)C(=O)O)C[C@@H](C2CC2)O1. The smallest absolute Gasteiger partial charge is 0.320 e. The molecule has 0 amide bonds. The summed E-state index contributed by atoms with van der Waals surface area (Å²) in [5.74, 6) is -0.142. The van der Waals surface area contributed by atoms with Crippen molar-refractivity contribution in [2.75, 3.05) is 0 Å². The Morgan fingerprint density at radius 1 is 1.47 bits per heavy atom. The van der Waals surface area contributed by atoms with Gasteiger partial charge in [-0.05, 0) is 44.4 Å². The van der Waals surface area contributed by atoms with E-state index in [0.717, 1.165) is 12.8 Å². The van der Waals surface area contributed by atoms with Gasteiger partial charge in [0.2, 0.25) is 0 Å². The van der Waals surface area contributed by atoms with Crippen LogP contribution in [0.2, 0.25) is 0 Å². The molecule has 0 aromatic heterocycles. The first-order valence-electron chi connectivity index (χ1n) is 5.71. The van der Waals surface area contributed by atoms with Crippen LogP contribution in [0.4, 0.5) is 0 Å². The first-order chi connectivity index (χ1) is 7.08. The third-order valence-corrected chi connectivity index (χ3v) is 3.52. The molecule has 2 rings (SSSR count). The number of rotatable bonds is 3. The molecule has 1 saturated carbocycles. The molecular weight excluding hydrogens is 194 g/mol. The zero-order valence-corrected chi connectivity index (χ0v) is 9.06. The van der Waals surface area contributed by atoms with Gasteiger partial charge in [0, 0.05) is 0 Å². The molecule has 1 aliphatic heterocycles. The second-order valence-corrected chi connectivity index (χ2v) is 4.92. The first-order valence-corrected chi connectivity index (χ1v) is 5.71. The van der Waals surface area contributed by atoms with Crippen LogP contribution in [0.1, 0.15) is 32.6 Å². The zero-order chi connectivity index (χ0) is 11.0. The van der Waals surface area contributed by atoms with Crippen LogP contribution in [0.15, 0.2) is 0 Å². The Hall–Kier alpha value is -0.610. The van der Waals surface area contributed by atoms with Gasteiger partial charge in [-0.3, -0.25) is 4.79 Å². The predicted octanol–water partition coefficient (Wildman–Crippen LogP) is 0.992. The van der Waals surface area contributed by atoms with Crippen molar-refractivity contribution in [3.63, 3.8) is 0 Å². The monoisotopic (exact) mass is 213 g/mol. The summed E-state index contributed by atoms with van der Waals surface area (Å²) in [5.41, 5.74) is 5.68. The number of carboxylic acid groups (broad SMARTS) is 1. The van der Waals surface area contributed by atoms with Crippen molar-refractivity contribution in [1.29, 1.82) is 0 Å². The van der Waals surface area contributed by atoms with E-state index in [-0.39, 0.29) is 18.1 Å². The Labute approximate surface area is 89.8 Å². The van der Waals surface area contributed by atoms with Gasteiger partial charge in [0.15, 0.2) is 0 Å². The Morgan fingerprint density at radius 3 is 2.67 bits per heavy atom. The van der Waals surface area contributed by atoms with Gasteiger partial charge in [0.05, 0.1) is 12.2 Å². The van der Waals surface area contributed by atoms with Crippen molar-refractivity contribution in [3.8, 4) is 0 Å². The Morgan fingerprint density at radius 2 is 2.13 bits per heavy atom. The molecule has 4 heteroatoms. The first kappa shape index (κ1) is 10.9. The van der Waals surface area contributed by atoms with E-state index in [1.807, 2.05) is 6.92 Å². The summed E-state index contributed by atoms with van der Waals surface area (Å²) >= 11 is 0. The fraction of sp³-hybridized carbons (Fsp3) is 0.909. The average Bonchev–Trinajstić information content (AvgIpc) is 2.98. The summed E-state index contributed by atoms with van der Waals surface area (Å²) in [6.07, 6.45) is 4.46. The predicted molar refractivity (Wildman–Crippen MR) is 55.4 cm³/mol. The molecule has 1 aliphatic carbocycles. The standard InChI is InChI=1S/C11H19NO3/c1-6-4-8(10(12)11(13)14)5-9(15-6)7-2-3-7/h6-10H,2-5,12H2,1H3,(H,13,14)/t6-,8+,9+,10?/m1/s1. The third-order valence-electron chi connectivity index (χ3n) is 3.52. The van der Waals surface area contributed by atoms with Crippen LogP contribution in [-0.4, -0.2) is 29.3 Å². The van der Waals surface area contributed by atoms with Crippen molar-refractivity contribution in [3.05, 3.63) is 0 Å². The topological polar surface area (TPSA) is 72.6 Å². The largest absolute Gasteiger partial charge is 0.480 e. The van der Waals surface area contributed by atoms with Crippen LogP contribution < -0.4 is 5.73 Å². The van der Waals surface area contributed by atoms with Crippen molar-refractivity contribution >= 4 is 5.97 Å². The van der Waals surface area contributed by atoms with E-state index in [4.69, 9.17) is 15.6 Å². The lowest BCUT2D eigenvalue weighted by atomic mass is 9.85. The molecule has 1 saturated heterocycles. The van der Waals surface area contributed by atoms with Crippen molar-refractivity contribution in [2.24, 2.45) is 17.6 Å². The van der Waals surface area contributed by atoms with E-state index in [2.05, 4.69) is 0 Å². The van der Waals surface area contributed by atoms with Crippen LogP contribution in [0.25, 0.3) is 0 Å². The van der Waals surface area contributed by atoms with E-state index in [1.54, 1.807) is 0 Å². The molecule has 1 heterocycles. The van der Waals surface area contributed by atoms with E-state index in [0.29, 0.717) is 5.92 Å². The minimum atomic E-state index is -0.886. The van der Waals surface area contributed by atoms with Gasteiger partial charge in [0.1, 0.15) is 6.04 Å². The molecule has 4 atom stereocenters. The molecule has 1 unspecified atom stereocenters. The van der Waals surface area contributed by atoms with Gasteiger partial charge in [-0.25, -0.2) is 0 Å². The maximum atomic E-state index is 10.8. The molecule has 4 nitrogen and oxygen atoms in total. The van der Waals surface area contributed by atoms with Gasteiger partial charge in [-0.15, -0.1) is 0 Å². The molecule has 86 valence electrons. The molecule has 3 N–H and O–H groups in total. The quantitative estimate of drug-likeness (QED) is 0.733. The Balaban J connectivity index is 1.96. The second-order valence-electron chi connectivity index (χ2n) is 4.92. The van der Waals surface area contributed by atoms with Gasteiger partial charge >= 0.3 is 5.97 Å². The van der Waals surface area contributed by atoms with Crippen molar-refractivity contribution < 1.29 is 14.6 Å². The second kappa shape index (κ2) is 4.10. The van der Waals surface area contributed by atoms with E-state index in [9.17, 15) is 4.79 Å². The molecule has 2 fully saturated rings. The number of carbonyl (C=O) groups is 1. The van der Waals surface area contributed by atoms with Gasteiger partial charge in [-0.2, -0.15) is 0 Å². The summed E-state index contributed by atoms with van der Waals surface area (Å²) in [4.78, 5) is 10.8. The molecule has 0 radical (unpaired) electrons. The zero-order valence-electron chi connectivity index (χ0n) is 9.06. The molecular formula is C11H19NO3. The van der Waals surface area contributed by atoms with Crippen LogP contribution in [0.3, 0.4) is 0 Å². The molecule has 0 aromatic carbocycles. The molecule has 0 spiro atoms. The minimum absolute atomic E-state index is 0.0804. The van der Waals surface area contributed by atoms with Crippen molar-refractivity contribution in [1.82, 2.24) is 0 Å². The molecule has 0 bridgehead atoms. The van der Waals surface area contributed by atoms with Crippen LogP contribution >= 0.6 is 0 Å². The molecule has 15 heavy (non-hydrogen) atoms. The molecule has 2 aliphatic rings. The normalized spacial score (nSPS) is 38.7. The summed E-state index contributed by atoms with van der Waals surface area (Å²) in [7, 11) is 0. The van der Waals surface area contributed by atoms with E-state index in [1.165, 1.54) is 12.8 Å². The van der Waals surface area contributed by atoms with Crippen LogP contribution in [0.5, 0.6) is 0 Å². The highest BCUT2D eigenvalue weighted by Gasteiger charge is 2.40. The summed E-state index contributed by atoms with van der Waals surface area (Å²) < 4.78 is 5.82. The fourth-order valence-electron chi connectivity index (χ4n) is 2.50. The lowest BCUT2D eigenvalue weighted by Crippen LogP contribution is -2.45.